The van der Waals surface area contributed by atoms with Crippen LogP contribution >= 0.6 is 0 Å². The fourth-order valence-corrected chi connectivity index (χ4v) is 4.03. The molecule has 0 atom stereocenters. The van der Waals surface area contributed by atoms with Gasteiger partial charge in [0.2, 0.25) is 5.78 Å². The summed E-state index contributed by atoms with van der Waals surface area (Å²) >= 11 is 0. The van der Waals surface area contributed by atoms with Crippen molar-refractivity contribution >= 4 is 22.6 Å². The predicted octanol–water partition coefficient (Wildman–Crippen LogP) is 1.43. The average Bonchev–Trinajstić information content (AvgIpc) is 3.07. The number of rotatable bonds is 4. The topological polar surface area (TPSA) is 104 Å². The highest BCUT2D eigenvalue weighted by Crippen LogP contribution is 2.48. The Morgan fingerprint density at radius 3 is 2.93 bits per heavy atom. The molecule has 0 unspecified atom stereocenters. The van der Waals surface area contributed by atoms with Crippen LogP contribution < -0.4 is 4.90 Å². The van der Waals surface area contributed by atoms with Gasteiger partial charge in [-0.1, -0.05) is 5.16 Å². The van der Waals surface area contributed by atoms with Crippen molar-refractivity contribution in [3.05, 3.63) is 30.0 Å². The number of H-pyrrole nitrogens is 1. The van der Waals surface area contributed by atoms with Crippen LogP contribution in [0.1, 0.15) is 29.0 Å². The molecule has 4 heterocycles. The number of anilines is 1. The van der Waals surface area contributed by atoms with Crippen LogP contribution in [0, 0.1) is 12.3 Å². The molecule has 1 aliphatic heterocycles. The normalized spacial score (nSPS) is 19.5. The molecule has 9 nitrogen and oxygen atoms in total. The Labute approximate surface area is 155 Å². The molecule has 9 heteroatoms. The number of aromatic amines is 1. The maximum Gasteiger partial charge on any atom is 0.200 e. The highest BCUT2D eigenvalue weighted by atomic mass is 16.6. The second kappa shape index (κ2) is 6.12. The van der Waals surface area contributed by atoms with Crippen molar-refractivity contribution in [2.45, 2.75) is 19.8 Å². The summed E-state index contributed by atoms with van der Waals surface area (Å²) in [7, 11) is 0. The number of aromatic nitrogens is 5. The fraction of sp³-hybridized carbons (Fsp3) is 0.500. The van der Waals surface area contributed by atoms with Crippen LogP contribution in [0.15, 0.2) is 23.2 Å². The molecule has 0 bridgehead atoms. The van der Waals surface area contributed by atoms with E-state index in [0.29, 0.717) is 17.9 Å². The third kappa shape index (κ3) is 2.97. The Hall–Kier alpha value is -2.81. The zero-order valence-electron chi connectivity index (χ0n) is 15.2. The van der Waals surface area contributed by atoms with Gasteiger partial charge >= 0.3 is 0 Å². The van der Waals surface area contributed by atoms with Crippen molar-refractivity contribution in [2.24, 2.45) is 5.41 Å². The SMILES string of the molecule is Cc1nonc1C(=O)CN1CCN(c2ncnc3[nH]ccc23)CC2(CC2)C1. The van der Waals surface area contributed by atoms with Gasteiger partial charge in [0.05, 0.1) is 11.9 Å². The Morgan fingerprint density at radius 2 is 2.15 bits per heavy atom. The molecule has 5 rings (SSSR count). The van der Waals surface area contributed by atoms with Crippen LogP contribution in [0.3, 0.4) is 0 Å². The number of Topliss-reactive ketones (excluding diaryl/α,β-unsaturated/α-hetero) is 1. The molecule has 1 saturated carbocycles. The molecule has 2 aliphatic rings. The molecule has 27 heavy (non-hydrogen) atoms. The van der Waals surface area contributed by atoms with Crippen LogP contribution in [0.25, 0.3) is 11.0 Å². The minimum atomic E-state index is -0.0342. The van der Waals surface area contributed by atoms with E-state index < -0.39 is 0 Å². The predicted molar refractivity (Wildman–Crippen MR) is 97.6 cm³/mol. The summed E-state index contributed by atoms with van der Waals surface area (Å²) in [5.74, 6) is 0.935. The van der Waals surface area contributed by atoms with Crippen molar-refractivity contribution in [2.75, 3.05) is 37.6 Å². The number of nitrogens with one attached hydrogen (secondary N) is 1. The smallest absolute Gasteiger partial charge is 0.200 e. The second-order valence-corrected chi connectivity index (χ2v) is 7.69. The summed E-state index contributed by atoms with van der Waals surface area (Å²) in [6.07, 6.45) is 5.87. The third-order valence-corrected chi connectivity index (χ3v) is 5.64. The monoisotopic (exact) mass is 367 g/mol. The summed E-state index contributed by atoms with van der Waals surface area (Å²) in [4.78, 5) is 29.2. The Balaban J connectivity index is 1.37. The molecule has 1 saturated heterocycles. The van der Waals surface area contributed by atoms with E-state index >= 15 is 0 Å². The number of ketones is 1. The highest BCUT2D eigenvalue weighted by molar-refractivity contribution is 5.96. The van der Waals surface area contributed by atoms with Crippen LogP contribution in [0.2, 0.25) is 0 Å². The van der Waals surface area contributed by atoms with Gasteiger partial charge in [-0.2, -0.15) is 0 Å². The molecule has 3 aromatic rings. The molecule has 1 aliphatic carbocycles. The van der Waals surface area contributed by atoms with E-state index in [1.54, 1.807) is 13.3 Å². The Morgan fingerprint density at radius 1 is 1.26 bits per heavy atom. The van der Waals surface area contributed by atoms with Gasteiger partial charge in [-0.05, 0) is 31.0 Å². The van der Waals surface area contributed by atoms with Crippen molar-refractivity contribution in [3.8, 4) is 0 Å². The van der Waals surface area contributed by atoms with Crippen LogP contribution in [-0.2, 0) is 0 Å². The van der Waals surface area contributed by atoms with Gasteiger partial charge in [0.25, 0.3) is 0 Å². The molecule has 0 radical (unpaired) electrons. The number of nitrogens with zero attached hydrogens (tertiary/aromatic N) is 6. The van der Waals surface area contributed by atoms with Crippen LogP contribution in [0.4, 0.5) is 5.82 Å². The molecule has 140 valence electrons. The van der Waals surface area contributed by atoms with Gasteiger partial charge in [-0.3, -0.25) is 9.69 Å². The van der Waals surface area contributed by atoms with E-state index in [4.69, 9.17) is 0 Å². The Kier molecular flexibility index (Phi) is 3.71. The largest absolute Gasteiger partial charge is 0.354 e. The minimum Gasteiger partial charge on any atom is -0.354 e. The van der Waals surface area contributed by atoms with E-state index in [2.05, 4.69) is 39.7 Å². The molecule has 1 N–H and O–H groups in total. The van der Waals surface area contributed by atoms with E-state index in [9.17, 15) is 4.79 Å². The molecular formula is C18H21N7O2. The second-order valence-electron chi connectivity index (χ2n) is 7.69. The average molecular weight is 367 g/mol. The number of carbonyl (C=O) groups excluding carboxylic acids is 1. The van der Waals surface area contributed by atoms with Gasteiger partial charge in [-0.25, -0.2) is 14.6 Å². The maximum absolute atomic E-state index is 12.6. The number of hydrogen-bond donors (Lipinski definition) is 1. The Bertz CT molecular complexity index is 990. The lowest BCUT2D eigenvalue weighted by Crippen LogP contribution is -2.35. The molecular weight excluding hydrogens is 346 g/mol. The number of carbonyl (C=O) groups is 1. The summed E-state index contributed by atoms with van der Waals surface area (Å²) in [5, 5.41) is 8.51. The first-order valence-electron chi connectivity index (χ1n) is 9.21. The van der Waals surface area contributed by atoms with Crippen LogP contribution in [-0.4, -0.2) is 68.7 Å². The van der Waals surface area contributed by atoms with Gasteiger partial charge in [0, 0.05) is 37.8 Å². The lowest BCUT2D eigenvalue weighted by atomic mass is 10.1. The fourth-order valence-electron chi connectivity index (χ4n) is 4.03. The van der Waals surface area contributed by atoms with E-state index in [-0.39, 0.29) is 11.2 Å². The third-order valence-electron chi connectivity index (χ3n) is 5.64. The molecule has 0 aromatic carbocycles. The summed E-state index contributed by atoms with van der Waals surface area (Å²) in [6.45, 7) is 5.58. The van der Waals surface area contributed by atoms with Crippen LogP contribution in [0.5, 0.6) is 0 Å². The first kappa shape index (κ1) is 16.4. The molecule has 0 amide bonds. The quantitative estimate of drug-likeness (QED) is 0.691. The van der Waals surface area contributed by atoms with E-state index in [0.717, 1.165) is 43.0 Å². The van der Waals surface area contributed by atoms with E-state index in [1.807, 2.05) is 12.3 Å². The zero-order chi connectivity index (χ0) is 18.4. The number of hydrogen-bond acceptors (Lipinski definition) is 8. The van der Waals surface area contributed by atoms with Gasteiger partial charge in [0.15, 0.2) is 5.69 Å². The van der Waals surface area contributed by atoms with Gasteiger partial charge in [-0.15, -0.1) is 0 Å². The number of aryl methyl sites for hydroxylation is 1. The summed E-state index contributed by atoms with van der Waals surface area (Å²) in [6, 6.07) is 2.02. The molecule has 3 aromatic heterocycles. The summed E-state index contributed by atoms with van der Waals surface area (Å²) in [5.41, 5.74) is 1.98. The molecule has 2 fully saturated rings. The summed E-state index contributed by atoms with van der Waals surface area (Å²) < 4.78 is 4.68. The van der Waals surface area contributed by atoms with Crippen molar-refractivity contribution < 1.29 is 9.42 Å². The number of fused-ring (bicyclic) bond motifs is 1. The first-order chi connectivity index (χ1) is 13.1. The van der Waals surface area contributed by atoms with Crippen molar-refractivity contribution in [1.82, 2.24) is 30.2 Å². The van der Waals surface area contributed by atoms with E-state index in [1.165, 1.54) is 12.8 Å². The zero-order valence-corrected chi connectivity index (χ0v) is 15.2. The van der Waals surface area contributed by atoms with Crippen molar-refractivity contribution in [1.29, 1.82) is 0 Å². The van der Waals surface area contributed by atoms with Gasteiger partial charge in [0.1, 0.15) is 23.5 Å². The minimum absolute atomic E-state index is 0.0342. The lowest BCUT2D eigenvalue weighted by Gasteiger charge is -2.25. The lowest BCUT2D eigenvalue weighted by molar-refractivity contribution is 0.0914. The van der Waals surface area contributed by atoms with Crippen molar-refractivity contribution in [3.63, 3.8) is 0 Å². The molecule has 1 spiro atoms. The standard InChI is InChI=1S/C18H21N7O2/c1-12-15(23-27-22-12)14(26)8-24-6-7-25(10-18(9-24)3-4-18)17-13-2-5-19-16(13)20-11-21-17/h2,5,11H,3-4,6-10H2,1H3,(H,19,20,21). The highest BCUT2D eigenvalue weighted by Gasteiger charge is 2.47. The maximum atomic E-state index is 12.6. The van der Waals surface area contributed by atoms with Gasteiger partial charge < -0.3 is 9.88 Å². The first-order valence-corrected chi connectivity index (χ1v) is 9.21.